The predicted octanol–water partition coefficient (Wildman–Crippen LogP) is 1.65. The number of nitrogens with zero attached hydrogens (tertiary/aromatic N) is 1. The zero-order chi connectivity index (χ0) is 12.5. The molecule has 0 atom stereocenters. The highest BCUT2D eigenvalue weighted by Gasteiger charge is 2.44. The van der Waals surface area contributed by atoms with Crippen LogP contribution in [0.1, 0.15) is 37.1 Å². The molecule has 0 radical (unpaired) electrons. The molecule has 4 heteroatoms. The normalized spacial score (nSPS) is 28.9. The van der Waals surface area contributed by atoms with Crippen molar-refractivity contribution in [3.63, 3.8) is 0 Å². The van der Waals surface area contributed by atoms with Crippen LogP contribution in [0.15, 0.2) is 18.2 Å². The minimum absolute atomic E-state index is 0.368. The number of aliphatic hydroxyl groups excluding tert-OH is 1. The first-order valence-corrected chi connectivity index (χ1v) is 5.90. The Kier molecular flexibility index (Phi) is 3.15. The minimum Gasteiger partial charge on any atom is -0.481 e. The monoisotopic (exact) mass is 235 g/mol. The van der Waals surface area contributed by atoms with Crippen LogP contribution in [0.5, 0.6) is 0 Å². The number of aromatic nitrogens is 1. The molecule has 0 saturated heterocycles. The van der Waals surface area contributed by atoms with Gasteiger partial charge in [0.15, 0.2) is 0 Å². The van der Waals surface area contributed by atoms with E-state index < -0.39 is 11.4 Å². The van der Waals surface area contributed by atoms with E-state index in [1.165, 1.54) is 0 Å². The summed E-state index contributed by atoms with van der Waals surface area (Å²) in [6.07, 6.45) is 1.61. The maximum atomic E-state index is 11.6. The molecular weight excluding hydrogens is 218 g/mol. The molecule has 1 fully saturated rings. The average molecular weight is 235 g/mol. The maximum absolute atomic E-state index is 11.6. The smallest absolute Gasteiger partial charge is 0.315 e. The first-order chi connectivity index (χ1) is 8.04. The van der Waals surface area contributed by atoms with Crippen molar-refractivity contribution in [1.82, 2.24) is 4.98 Å². The topological polar surface area (TPSA) is 70.4 Å². The Morgan fingerprint density at radius 1 is 1.41 bits per heavy atom. The van der Waals surface area contributed by atoms with Crippen LogP contribution in [-0.2, 0) is 10.2 Å². The van der Waals surface area contributed by atoms with Crippen molar-refractivity contribution in [2.75, 3.05) is 0 Å². The van der Waals surface area contributed by atoms with Gasteiger partial charge >= 0.3 is 5.97 Å². The summed E-state index contributed by atoms with van der Waals surface area (Å²) in [7, 11) is 0. The van der Waals surface area contributed by atoms with Gasteiger partial charge in [-0.25, -0.2) is 0 Å². The minimum atomic E-state index is -0.911. The second kappa shape index (κ2) is 4.45. The van der Waals surface area contributed by atoms with Crippen molar-refractivity contribution in [2.45, 2.75) is 44.1 Å². The molecule has 1 saturated carbocycles. The lowest BCUT2D eigenvalue weighted by molar-refractivity contribution is -0.146. The standard InChI is InChI=1S/C13H17NO3/c1-9-3-2-4-11(14-9)13(12(16)17)7-5-10(15)6-8-13/h2-4,10,15H,5-8H2,1H3,(H,16,17). The number of aliphatic hydroxyl groups is 1. The van der Waals surface area contributed by atoms with Crippen molar-refractivity contribution < 1.29 is 15.0 Å². The number of carboxylic acid groups (broad SMARTS) is 1. The first-order valence-electron chi connectivity index (χ1n) is 5.90. The molecule has 2 N–H and O–H groups in total. The summed E-state index contributed by atoms with van der Waals surface area (Å²) in [5.74, 6) is -0.831. The zero-order valence-corrected chi connectivity index (χ0v) is 9.89. The Morgan fingerprint density at radius 2 is 2.06 bits per heavy atom. The van der Waals surface area contributed by atoms with E-state index >= 15 is 0 Å². The van der Waals surface area contributed by atoms with Gasteiger partial charge in [-0.3, -0.25) is 9.78 Å². The molecule has 0 spiro atoms. The number of pyridine rings is 1. The Hall–Kier alpha value is -1.42. The third kappa shape index (κ3) is 2.17. The molecule has 0 bridgehead atoms. The van der Waals surface area contributed by atoms with Crippen LogP contribution in [0.2, 0.25) is 0 Å². The summed E-state index contributed by atoms with van der Waals surface area (Å²) in [6.45, 7) is 1.86. The summed E-state index contributed by atoms with van der Waals surface area (Å²) < 4.78 is 0. The lowest BCUT2D eigenvalue weighted by Gasteiger charge is -2.34. The molecule has 4 nitrogen and oxygen atoms in total. The number of carbonyl (C=O) groups is 1. The average Bonchev–Trinajstić information content (AvgIpc) is 2.30. The molecule has 2 rings (SSSR count). The molecule has 17 heavy (non-hydrogen) atoms. The highest BCUT2D eigenvalue weighted by molar-refractivity contribution is 5.80. The molecule has 0 aliphatic heterocycles. The molecule has 1 aliphatic carbocycles. The summed E-state index contributed by atoms with van der Waals surface area (Å²) in [5, 5.41) is 19.0. The number of hydrogen-bond donors (Lipinski definition) is 2. The van der Waals surface area contributed by atoms with Crippen LogP contribution >= 0.6 is 0 Å². The van der Waals surface area contributed by atoms with Gasteiger partial charge in [0.25, 0.3) is 0 Å². The number of hydrogen-bond acceptors (Lipinski definition) is 3. The van der Waals surface area contributed by atoms with Crippen LogP contribution in [0.3, 0.4) is 0 Å². The molecule has 0 amide bonds. The molecule has 1 aromatic heterocycles. The third-order valence-corrected chi connectivity index (χ3v) is 3.60. The van der Waals surface area contributed by atoms with Crippen molar-refractivity contribution in [3.8, 4) is 0 Å². The van der Waals surface area contributed by atoms with Gasteiger partial charge in [0.1, 0.15) is 5.41 Å². The fourth-order valence-electron chi connectivity index (χ4n) is 2.48. The van der Waals surface area contributed by atoms with Crippen molar-refractivity contribution in [3.05, 3.63) is 29.6 Å². The van der Waals surface area contributed by atoms with Gasteiger partial charge in [-0.05, 0) is 44.7 Å². The lowest BCUT2D eigenvalue weighted by atomic mass is 9.70. The second-order valence-corrected chi connectivity index (χ2v) is 4.78. The fraction of sp³-hybridized carbons (Fsp3) is 0.538. The fourth-order valence-corrected chi connectivity index (χ4v) is 2.48. The number of aliphatic carboxylic acids is 1. The maximum Gasteiger partial charge on any atom is 0.315 e. The van der Waals surface area contributed by atoms with Gasteiger partial charge in [-0.1, -0.05) is 6.07 Å². The molecule has 0 unspecified atom stereocenters. The van der Waals surface area contributed by atoms with E-state index in [4.69, 9.17) is 0 Å². The number of aryl methyl sites for hydroxylation is 1. The van der Waals surface area contributed by atoms with Gasteiger partial charge in [0.2, 0.25) is 0 Å². The number of carboxylic acids is 1. The summed E-state index contributed by atoms with van der Waals surface area (Å²) in [6, 6.07) is 5.48. The molecular formula is C13H17NO3. The van der Waals surface area contributed by atoms with E-state index in [0.717, 1.165) is 5.69 Å². The highest BCUT2D eigenvalue weighted by Crippen LogP contribution is 2.39. The quantitative estimate of drug-likeness (QED) is 0.817. The van der Waals surface area contributed by atoms with Crippen molar-refractivity contribution in [2.24, 2.45) is 0 Å². The van der Waals surface area contributed by atoms with E-state index in [9.17, 15) is 15.0 Å². The Balaban J connectivity index is 2.38. The summed E-state index contributed by atoms with van der Waals surface area (Å²) >= 11 is 0. The van der Waals surface area contributed by atoms with Crippen LogP contribution in [0.25, 0.3) is 0 Å². The van der Waals surface area contributed by atoms with Gasteiger partial charge in [-0.2, -0.15) is 0 Å². The molecule has 1 aliphatic rings. The lowest BCUT2D eigenvalue weighted by Crippen LogP contribution is -2.41. The van der Waals surface area contributed by atoms with Crippen LogP contribution in [-0.4, -0.2) is 27.3 Å². The van der Waals surface area contributed by atoms with Gasteiger partial charge in [0, 0.05) is 5.69 Å². The van der Waals surface area contributed by atoms with Gasteiger partial charge in [-0.15, -0.1) is 0 Å². The van der Waals surface area contributed by atoms with E-state index in [-0.39, 0.29) is 6.10 Å². The van der Waals surface area contributed by atoms with Crippen LogP contribution in [0.4, 0.5) is 0 Å². The zero-order valence-electron chi connectivity index (χ0n) is 9.89. The number of rotatable bonds is 2. The summed E-state index contributed by atoms with van der Waals surface area (Å²) in [5.41, 5.74) is 0.539. The van der Waals surface area contributed by atoms with E-state index in [1.54, 1.807) is 6.07 Å². The summed E-state index contributed by atoms with van der Waals surface area (Å²) in [4.78, 5) is 15.9. The Labute approximate surface area is 100 Å². The largest absolute Gasteiger partial charge is 0.481 e. The van der Waals surface area contributed by atoms with E-state index in [0.29, 0.717) is 31.4 Å². The predicted molar refractivity (Wildman–Crippen MR) is 62.8 cm³/mol. The SMILES string of the molecule is Cc1cccc(C2(C(=O)O)CCC(O)CC2)n1. The second-order valence-electron chi connectivity index (χ2n) is 4.78. The third-order valence-electron chi connectivity index (χ3n) is 3.60. The molecule has 0 aromatic carbocycles. The Bertz CT molecular complexity index is 422. The van der Waals surface area contributed by atoms with E-state index in [1.807, 2.05) is 19.1 Å². The Morgan fingerprint density at radius 3 is 2.59 bits per heavy atom. The molecule has 1 heterocycles. The van der Waals surface area contributed by atoms with E-state index in [2.05, 4.69) is 4.98 Å². The van der Waals surface area contributed by atoms with Crippen molar-refractivity contribution in [1.29, 1.82) is 0 Å². The van der Waals surface area contributed by atoms with Gasteiger partial charge < -0.3 is 10.2 Å². The first kappa shape index (κ1) is 12.0. The van der Waals surface area contributed by atoms with Gasteiger partial charge in [0.05, 0.1) is 11.8 Å². The highest BCUT2D eigenvalue weighted by atomic mass is 16.4. The molecule has 1 aromatic rings. The van der Waals surface area contributed by atoms with Crippen LogP contribution < -0.4 is 0 Å². The van der Waals surface area contributed by atoms with Crippen LogP contribution in [0, 0.1) is 6.92 Å². The van der Waals surface area contributed by atoms with Crippen molar-refractivity contribution >= 4 is 5.97 Å². The molecule has 92 valence electrons.